The van der Waals surface area contributed by atoms with Gasteiger partial charge in [-0.15, -0.1) is 11.3 Å². The summed E-state index contributed by atoms with van der Waals surface area (Å²) in [6, 6.07) is 17.8. The van der Waals surface area contributed by atoms with E-state index in [0.717, 1.165) is 15.2 Å². The van der Waals surface area contributed by atoms with Crippen molar-refractivity contribution >= 4 is 68.0 Å². The molecule has 0 saturated heterocycles. The average Bonchev–Trinajstić information content (AvgIpc) is 3.08. The first-order valence-corrected chi connectivity index (χ1v) is 9.88. The molecule has 0 radical (unpaired) electrons. The lowest BCUT2D eigenvalue weighted by atomic mass is 10.1. The van der Waals surface area contributed by atoms with E-state index in [1.165, 1.54) is 11.3 Å². The maximum absolute atomic E-state index is 12.5. The second kappa shape index (κ2) is 7.49. The van der Waals surface area contributed by atoms with Crippen LogP contribution in [0.3, 0.4) is 0 Å². The van der Waals surface area contributed by atoms with Crippen molar-refractivity contribution in [1.82, 2.24) is 4.98 Å². The zero-order valence-corrected chi connectivity index (χ0v) is 16.8. The zero-order chi connectivity index (χ0) is 19.0. The summed E-state index contributed by atoms with van der Waals surface area (Å²) in [5.74, 6) is -0.286. The Bertz CT molecular complexity index is 1120. The fourth-order valence-corrected chi connectivity index (χ4v) is 4.29. The van der Waals surface area contributed by atoms with Crippen LogP contribution in [0, 0.1) is 0 Å². The molecule has 0 atom stereocenters. The molecule has 1 aromatic heterocycles. The lowest BCUT2D eigenvalue weighted by molar-refractivity contribution is 0.102. The van der Waals surface area contributed by atoms with Crippen LogP contribution >= 0.6 is 46.1 Å². The van der Waals surface area contributed by atoms with Gasteiger partial charge < -0.3 is 5.32 Å². The van der Waals surface area contributed by atoms with Crippen molar-refractivity contribution in [1.29, 1.82) is 0 Å². The van der Waals surface area contributed by atoms with Gasteiger partial charge in [0.15, 0.2) is 0 Å². The van der Waals surface area contributed by atoms with Gasteiger partial charge in [0.2, 0.25) is 0 Å². The molecule has 3 nitrogen and oxygen atoms in total. The summed E-state index contributed by atoms with van der Waals surface area (Å²) in [4.78, 5) is 17.1. The number of para-hydroxylation sites is 1. The lowest BCUT2D eigenvalue weighted by Gasteiger charge is -2.10. The number of thiazole rings is 1. The highest BCUT2D eigenvalue weighted by molar-refractivity contribution is 7.21. The minimum Gasteiger partial charge on any atom is -0.321 e. The Morgan fingerprint density at radius 3 is 2.41 bits per heavy atom. The average molecular weight is 434 g/mol. The van der Waals surface area contributed by atoms with Gasteiger partial charge in [-0.2, -0.15) is 0 Å². The summed E-state index contributed by atoms with van der Waals surface area (Å²) < 4.78 is 1.06. The van der Waals surface area contributed by atoms with Crippen LogP contribution in [0.4, 0.5) is 5.69 Å². The van der Waals surface area contributed by atoms with Crippen LogP contribution in [0.2, 0.25) is 15.1 Å². The molecule has 1 heterocycles. The minimum atomic E-state index is -0.286. The molecule has 0 aliphatic rings. The Morgan fingerprint density at radius 1 is 0.926 bits per heavy atom. The molecule has 0 fully saturated rings. The molecule has 0 saturated carbocycles. The number of nitrogens with one attached hydrogen (secondary N) is 1. The minimum absolute atomic E-state index is 0.286. The Kier molecular flexibility index (Phi) is 5.06. The van der Waals surface area contributed by atoms with Crippen LogP contribution in [0.25, 0.3) is 20.8 Å². The fraction of sp³-hybridized carbons (Fsp3) is 0. The quantitative estimate of drug-likeness (QED) is 0.372. The third-order valence-electron chi connectivity index (χ3n) is 3.94. The summed E-state index contributed by atoms with van der Waals surface area (Å²) in [5.41, 5.74) is 2.56. The van der Waals surface area contributed by atoms with Crippen molar-refractivity contribution in [2.45, 2.75) is 0 Å². The number of hydrogen-bond donors (Lipinski definition) is 1. The number of halogens is 3. The molecule has 0 spiro atoms. The first kappa shape index (κ1) is 18.3. The van der Waals surface area contributed by atoms with E-state index in [4.69, 9.17) is 34.8 Å². The molecule has 0 unspecified atom stereocenters. The highest BCUT2D eigenvalue weighted by Gasteiger charge is 2.15. The highest BCUT2D eigenvalue weighted by Crippen LogP contribution is 2.39. The van der Waals surface area contributed by atoms with E-state index in [1.807, 2.05) is 24.3 Å². The van der Waals surface area contributed by atoms with Crippen LogP contribution in [-0.2, 0) is 0 Å². The maximum atomic E-state index is 12.5. The molecule has 0 aliphatic heterocycles. The number of fused-ring (bicyclic) bond motifs is 1. The molecule has 3 aromatic carbocycles. The molecule has 134 valence electrons. The number of nitrogens with zero attached hydrogens (tertiary/aromatic N) is 1. The first-order valence-electron chi connectivity index (χ1n) is 7.93. The third-order valence-corrected chi connectivity index (χ3v) is 5.88. The Morgan fingerprint density at radius 2 is 1.67 bits per heavy atom. The molecule has 0 bridgehead atoms. The molecule has 1 amide bonds. The van der Waals surface area contributed by atoms with Gasteiger partial charge in [0.05, 0.1) is 25.9 Å². The maximum Gasteiger partial charge on any atom is 0.255 e. The van der Waals surface area contributed by atoms with Gasteiger partial charge in [-0.25, -0.2) is 4.98 Å². The number of aromatic nitrogens is 1. The summed E-state index contributed by atoms with van der Waals surface area (Å²) >= 11 is 20.1. The molecule has 0 aliphatic carbocycles. The van der Waals surface area contributed by atoms with E-state index in [2.05, 4.69) is 10.3 Å². The zero-order valence-electron chi connectivity index (χ0n) is 13.7. The number of benzene rings is 3. The van der Waals surface area contributed by atoms with Crippen molar-refractivity contribution in [2.75, 3.05) is 5.32 Å². The number of carbonyl (C=O) groups excluding carboxylic acids is 1. The predicted octanol–water partition coefficient (Wildman–Crippen LogP) is 7.18. The molecule has 27 heavy (non-hydrogen) atoms. The lowest BCUT2D eigenvalue weighted by Crippen LogP contribution is -2.12. The van der Waals surface area contributed by atoms with Crippen LogP contribution in [0.15, 0.2) is 60.7 Å². The summed E-state index contributed by atoms with van der Waals surface area (Å²) in [5, 5.41) is 4.98. The summed E-state index contributed by atoms with van der Waals surface area (Å²) in [6.07, 6.45) is 0. The van der Waals surface area contributed by atoms with Gasteiger partial charge in [-0.3, -0.25) is 4.79 Å². The third kappa shape index (κ3) is 3.80. The Balaban J connectivity index is 1.70. The van der Waals surface area contributed by atoms with Crippen LogP contribution in [-0.4, -0.2) is 10.9 Å². The van der Waals surface area contributed by atoms with Gasteiger partial charge in [-0.1, -0.05) is 46.9 Å². The smallest absolute Gasteiger partial charge is 0.255 e. The van der Waals surface area contributed by atoms with Crippen molar-refractivity contribution in [3.8, 4) is 10.6 Å². The van der Waals surface area contributed by atoms with E-state index in [1.54, 1.807) is 36.4 Å². The molecular weight excluding hydrogens is 423 g/mol. The van der Waals surface area contributed by atoms with Gasteiger partial charge >= 0.3 is 0 Å². The number of rotatable bonds is 3. The number of amides is 1. The van der Waals surface area contributed by atoms with E-state index in [9.17, 15) is 4.79 Å². The molecule has 4 aromatic rings. The van der Waals surface area contributed by atoms with Crippen LogP contribution in [0.5, 0.6) is 0 Å². The topological polar surface area (TPSA) is 42.0 Å². The Labute approximate surface area is 174 Å². The normalized spacial score (nSPS) is 10.9. The SMILES string of the molecule is O=C(Nc1cc(-c2nc3ccccc3s2)c(Cl)cc1Cl)c1ccc(Cl)cc1. The van der Waals surface area contributed by atoms with Crippen molar-refractivity contribution in [2.24, 2.45) is 0 Å². The highest BCUT2D eigenvalue weighted by atomic mass is 35.5. The molecule has 7 heteroatoms. The van der Waals surface area contributed by atoms with Crippen molar-refractivity contribution in [3.63, 3.8) is 0 Å². The monoisotopic (exact) mass is 432 g/mol. The number of anilines is 1. The van der Waals surface area contributed by atoms with Gasteiger partial charge in [0, 0.05) is 16.1 Å². The van der Waals surface area contributed by atoms with Crippen molar-refractivity contribution in [3.05, 3.63) is 81.3 Å². The first-order chi connectivity index (χ1) is 13.0. The van der Waals surface area contributed by atoms with Crippen molar-refractivity contribution < 1.29 is 4.79 Å². The summed E-state index contributed by atoms with van der Waals surface area (Å²) in [6.45, 7) is 0. The van der Waals surface area contributed by atoms with Crippen LogP contribution in [0.1, 0.15) is 10.4 Å². The predicted molar refractivity (Wildman–Crippen MR) is 114 cm³/mol. The Hall–Kier alpha value is -2.11. The van der Waals surface area contributed by atoms with E-state index >= 15 is 0 Å². The number of hydrogen-bond acceptors (Lipinski definition) is 3. The van der Waals surface area contributed by atoms with Gasteiger partial charge in [-0.05, 0) is 48.5 Å². The standard InChI is InChI=1S/C20H11Cl3N2OS/c21-12-7-5-11(6-8-12)19(26)24-17-9-13(14(22)10-15(17)23)20-25-16-3-1-2-4-18(16)27-20/h1-10H,(H,24,26). The van der Waals surface area contributed by atoms with E-state index in [0.29, 0.717) is 31.9 Å². The van der Waals surface area contributed by atoms with E-state index < -0.39 is 0 Å². The van der Waals surface area contributed by atoms with Crippen LogP contribution < -0.4 is 5.32 Å². The fourth-order valence-electron chi connectivity index (χ4n) is 2.59. The second-order valence-corrected chi connectivity index (χ2v) is 8.04. The second-order valence-electron chi connectivity index (χ2n) is 5.76. The largest absolute Gasteiger partial charge is 0.321 e. The van der Waals surface area contributed by atoms with Gasteiger partial charge in [0.1, 0.15) is 5.01 Å². The molecule has 4 rings (SSSR count). The molecule has 1 N–H and O–H groups in total. The number of carbonyl (C=O) groups is 1. The van der Waals surface area contributed by atoms with Gasteiger partial charge in [0.25, 0.3) is 5.91 Å². The molecular formula is C20H11Cl3N2OS. The summed E-state index contributed by atoms with van der Waals surface area (Å²) in [7, 11) is 0. The van der Waals surface area contributed by atoms with E-state index in [-0.39, 0.29) is 5.91 Å².